The van der Waals surface area contributed by atoms with E-state index in [1.807, 2.05) is 22.6 Å². The number of benzene rings is 2. The third-order valence-corrected chi connectivity index (χ3v) is 3.86. The van der Waals surface area contributed by atoms with E-state index < -0.39 is 5.91 Å². The van der Waals surface area contributed by atoms with Crippen molar-refractivity contribution in [3.63, 3.8) is 0 Å². The molecule has 0 saturated carbocycles. The molecule has 1 amide bonds. The molecule has 5 nitrogen and oxygen atoms in total. The minimum atomic E-state index is -0.534. The Kier molecular flexibility index (Phi) is 5.18. The topological polar surface area (TPSA) is 81.9 Å². The molecule has 7 heteroatoms. The molecule has 0 atom stereocenters. The Bertz CT molecular complexity index is 719. The van der Waals surface area contributed by atoms with Gasteiger partial charge in [0, 0.05) is 10.0 Å². The fourth-order valence-electron chi connectivity index (χ4n) is 1.57. The molecule has 21 heavy (non-hydrogen) atoms. The number of amides is 1. The standard InChI is InChI=1S/C14H10BrIN2O3/c15-9-5-8(13(20)11(16)6-9)7-17-18-14(21)10-3-1-2-4-12(10)19/h1-7,19-20H,(H,18,21). The van der Waals surface area contributed by atoms with Gasteiger partial charge in [0.25, 0.3) is 5.91 Å². The summed E-state index contributed by atoms with van der Waals surface area (Å²) in [5, 5.41) is 23.2. The summed E-state index contributed by atoms with van der Waals surface area (Å²) in [7, 11) is 0. The molecule has 0 heterocycles. The van der Waals surface area contributed by atoms with Crippen LogP contribution in [0.15, 0.2) is 46.0 Å². The van der Waals surface area contributed by atoms with E-state index in [0.29, 0.717) is 9.13 Å². The van der Waals surface area contributed by atoms with Crippen molar-refractivity contribution in [2.45, 2.75) is 0 Å². The molecular weight excluding hydrogens is 451 g/mol. The minimum Gasteiger partial charge on any atom is -0.507 e. The van der Waals surface area contributed by atoms with Crippen LogP contribution in [-0.2, 0) is 0 Å². The van der Waals surface area contributed by atoms with Crippen LogP contribution in [0, 0.1) is 3.57 Å². The lowest BCUT2D eigenvalue weighted by Crippen LogP contribution is -2.17. The second-order valence-corrected chi connectivity index (χ2v) is 6.12. The number of carbonyl (C=O) groups is 1. The summed E-state index contributed by atoms with van der Waals surface area (Å²) in [6, 6.07) is 9.60. The number of rotatable bonds is 3. The molecule has 2 rings (SSSR count). The second-order valence-electron chi connectivity index (χ2n) is 4.04. The Morgan fingerprint density at radius 1 is 1.29 bits per heavy atom. The van der Waals surface area contributed by atoms with Crippen molar-refractivity contribution >= 4 is 50.6 Å². The van der Waals surface area contributed by atoms with Gasteiger partial charge in [0.05, 0.1) is 15.3 Å². The molecule has 0 spiro atoms. The Morgan fingerprint density at radius 2 is 2.00 bits per heavy atom. The number of hydrogen-bond acceptors (Lipinski definition) is 4. The van der Waals surface area contributed by atoms with E-state index in [1.165, 1.54) is 18.3 Å². The van der Waals surface area contributed by atoms with Crippen molar-refractivity contribution in [1.29, 1.82) is 0 Å². The summed E-state index contributed by atoms with van der Waals surface area (Å²) in [4.78, 5) is 11.8. The number of carbonyl (C=O) groups excluding carboxylic acids is 1. The maximum absolute atomic E-state index is 11.8. The van der Waals surface area contributed by atoms with Crippen LogP contribution in [0.1, 0.15) is 15.9 Å². The van der Waals surface area contributed by atoms with Crippen molar-refractivity contribution in [3.05, 3.63) is 55.6 Å². The SMILES string of the molecule is O=C(NN=Cc1cc(Br)cc(I)c1O)c1ccccc1O. The van der Waals surface area contributed by atoms with Crippen LogP contribution in [0.2, 0.25) is 0 Å². The quantitative estimate of drug-likeness (QED) is 0.373. The zero-order valence-electron chi connectivity index (χ0n) is 10.5. The second kappa shape index (κ2) is 6.90. The molecule has 2 aromatic carbocycles. The van der Waals surface area contributed by atoms with Gasteiger partial charge in [-0.1, -0.05) is 28.1 Å². The average molecular weight is 461 g/mol. The molecule has 0 aliphatic carbocycles. The van der Waals surface area contributed by atoms with Gasteiger partial charge in [-0.25, -0.2) is 5.43 Å². The smallest absolute Gasteiger partial charge is 0.275 e. The Hall–Kier alpha value is -1.61. The monoisotopic (exact) mass is 460 g/mol. The van der Waals surface area contributed by atoms with E-state index in [9.17, 15) is 15.0 Å². The van der Waals surface area contributed by atoms with Gasteiger partial charge in [0.2, 0.25) is 0 Å². The number of phenols is 2. The first-order chi connectivity index (χ1) is 9.99. The first kappa shape index (κ1) is 15.8. The van der Waals surface area contributed by atoms with E-state index in [2.05, 4.69) is 26.5 Å². The number of hydrazone groups is 1. The van der Waals surface area contributed by atoms with Crippen molar-refractivity contribution < 1.29 is 15.0 Å². The van der Waals surface area contributed by atoms with Gasteiger partial charge in [-0.15, -0.1) is 0 Å². The number of phenolic OH excluding ortho intramolecular Hbond substituents is 2. The van der Waals surface area contributed by atoms with Crippen molar-refractivity contribution in [3.8, 4) is 11.5 Å². The summed E-state index contributed by atoms with van der Waals surface area (Å²) >= 11 is 5.31. The van der Waals surface area contributed by atoms with Crippen molar-refractivity contribution in [2.75, 3.05) is 0 Å². The molecule has 0 radical (unpaired) electrons. The Labute approximate surface area is 143 Å². The number of nitrogens with zero attached hydrogens (tertiary/aromatic N) is 1. The van der Waals surface area contributed by atoms with Gasteiger partial charge >= 0.3 is 0 Å². The molecule has 2 aromatic rings. The lowest BCUT2D eigenvalue weighted by Gasteiger charge is -2.04. The average Bonchev–Trinajstić information content (AvgIpc) is 2.44. The minimum absolute atomic E-state index is 0.0827. The van der Waals surface area contributed by atoms with E-state index in [1.54, 1.807) is 24.3 Å². The molecule has 0 saturated heterocycles. The van der Waals surface area contributed by atoms with Gasteiger partial charge < -0.3 is 10.2 Å². The predicted molar refractivity (Wildman–Crippen MR) is 91.7 cm³/mol. The fourth-order valence-corrected chi connectivity index (χ4v) is 3.12. The highest BCUT2D eigenvalue weighted by atomic mass is 127. The van der Waals surface area contributed by atoms with Crippen LogP contribution in [0.4, 0.5) is 0 Å². The normalized spacial score (nSPS) is 10.8. The fraction of sp³-hybridized carbons (Fsp3) is 0. The van der Waals surface area contributed by atoms with Crippen LogP contribution < -0.4 is 5.43 Å². The van der Waals surface area contributed by atoms with Crippen LogP contribution in [0.3, 0.4) is 0 Å². The van der Waals surface area contributed by atoms with Crippen LogP contribution >= 0.6 is 38.5 Å². The highest BCUT2D eigenvalue weighted by Gasteiger charge is 2.09. The summed E-state index contributed by atoms with van der Waals surface area (Å²) in [5.74, 6) is -0.571. The van der Waals surface area contributed by atoms with E-state index in [4.69, 9.17) is 0 Å². The van der Waals surface area contributed by atoms with E-state index >= 15 is 0 Å². The first-order valence-corrected chi connectivity index (χ1v) is 7.65. The van der Waals surface area contributed by atoms with Crippen molar-refractivity contribution in [1.82, 2.24) is 5.43 Å². The summed E-state index contributed by atoms with van der Waals surface area (Å²) < 4.78 is 1.45. The molecule has 0 fully saturated rings. The van der Waals surface area contributed by atoms with E-state index in [0.717, 1.165) is 4.47 Å². The maximum atomic E-state index is 11.8. The number of para-hydroxylation sites is 1. The summed E-state index contributed by atoms with van der Waals surface area (Å²) in [5.41, 5.74) is 2.89. The van der Waals surface area contributed by atoms with Crippen LogP contribution in [-0.4, -0.2) is 22.3 Å². The molecule has 0 unspecified atom stereocenters. The number of hydrogen-bond donors (Lipinski definition) is 3. The van der Waals surface area contributed by atoms with Crippen LogP contribution in [0.25, 0.3) is 0 Å². The predicted octanol–water partition coefficient (Wildman–Crippen LogP) is 3.23. The number of aromatic hydroxyl groups is 2. The molecule has 0 aliphatic rings. The third kappa shape index (κ3) is 3.94. The third-order valence-electron chi connectivity index (χ3n) is 2.58. The maximum Gasteiger partial charge on any atom is 0.275 e. The highest BCUT2D eigenvalue weighted by Crippen LogP contribution is 2.27. The molecule has 3 N–H and O–H groups in total. The Morgan fingerprint density at radius 3 is 2.71 bits per heavy atom. The van der Waals surface area contributed by atoms with Gasteiger partial charge in [0.15, 0.2) is 0 Å². The lowest BCUT2D eigenvalue weighted by molar-refractivity contribution is 0.0952. The molecular formula is C14H10BrIN2O3. The van der Waals surface area contributed by atoms with Gasteiger partial charge in [-0.3, -0.25) is 4.79 Å². The largest absolute Gasteiger partial charge is 0.507 e. The van der Waals surface area contributed by atoms with Gasteiger partial charge in [0.1, 0.15) is 11.5 Å². The number of halogens is 2. The molecule has 108 valence electrons. The van der Waals surface area contributed by atoms with Crippen molar-refractivity contribution in [2.24, 2.45) is 5.10 Å². The lowest BCUT2D eigenvalue weighted by atomic mass is 10.2. The number of nitrogens with one attached hydrogen (secondary N) is 1. The zero-order valence-corrected chi connectivity index (χ0v) is 14.3. The Balaban J connectivity index is 2.13. The molecule has 0 bridgehead atoms. The van der Waals surface area contributed by atoms with Gasteiger partial charge in [-0.05, 0) is 46.9 Å². The zero-order chi connectivity index (χ0) is 15.4. The first-order valence-electron chi connectivity index (χ1n) is 5.78. The summed E-state index contributed by atoms with van der Waals surface area (Å²) in [6.45, 7) is 0. The summed E-state index contributed by atoms with van der Waals surface area (Å²) in [6.07, 6.45) is 1.33. The van der Waals surface area contributed by atoms with Gasteiger partial charge in [-0.2, -0.15) is 5.10 Å². The highest BCUT2D eigenvalue weighted by molar-refractivity contribution is 14.1. The van der Waals surface area contributed by atoms with Crippen LogP contribution in [0.5, 0.6) is 11.5 Å². The molecule has 0 aliphatic heterocycles. The van der Waals surface area contributed by atoms with E-state index in [-0.39, 0.29) is 17.1 Å². The molecule has 0 aromatic heterocycles.